The SMILES string of the molecule is CSc1cncc(CC(C)c2cc[nH]n2)c1. The van der Waals surface area contributed by atoms with Gasteiger partial charge in [-0.05, 0) is 30.4 Å². The molecule has 0 radical (unpaired) electrons. The lowest BCUT2D eigenvalue weighted by Gasteiger charge is -2.08. The molecule has 0 aliphatic rings. The molecule has 0 bridgehead atoms. The molecule has 4 heteroatoms. The molecule has 0 aromatic carbocycles. The number of H-pyrrole nitrogens is 1. The molecule has 0 saturated heterocycles. The standard InChI is InChI=1S/C12H15N3S/c1-9(12-3-4-14-15-12)5-10-6-11(16-2)8-13-7-10/h3-4,6-9H,5H2,1-2H3,(H,14,15). The fourth-order valence-corrected chi connectivity index (χ4v) is 2.13. The van der Waals surface area contributed by atoms with Crippen LogP contribution in [0.25, 0.3) is 0 Å². The van der Waals surface area contributed by atoms with E-state index < -0.39 is 0 Å². The Balaban J connectivity index is 2.08. The van der Waals surface area contributed by atoms with Gasteiger partial charge < -0.3 is 0 Å². The van der Waals surface area contributed by atoms with E-state index in [0.717, 1.165) is 12.1 Å². The molecule has 0 spiro atoms. The van der Waals surface area contributed by atoms with Gasteiger partial charge in [0.2, 0.25) is 0 Å². The van der Waals surface area contributed by atoms with Crippen molar-refractivity contribution >= 4 is 11.8 Å². The van der Waals surface area contributed by atoms with Crippen LogP contribution in [-0.2, 0) is 6.42 Å². The molecule has 2 rings (SSSR count). The number of hydrogen-bond donors (Lipinski definition) is 1. The van der Waals surface area contributed by atoms with Gasteiger partial charge in [-0.3, -0.25) is 10.1 Å². The third-order valence-electron chi connectivity index (χ3n) is 2.57. The molecule has 0 amide bonds. The monoisotopic (exact) mass is 233 g/mol. The number of thioether (sulfide) groups is 1. The highest BCUT2D eigenvalue weighted by molar-refractivity contribution is 7.98. The Morgan fingerprint density at radius 2 is 2.31 bits per heavy atom. The molecule has 0 fully saturated rings. The van der Waals surface area contributed by atoms with E-state index in [1.807, 2.05) is 24.7 Å². The Morgan fingerprint density at radius 1 is 1.44 bits per heavy atom. The third-order valence-corrected chi connectivity index (χ3v) is 3.27. The van der Waals surface area contributed by atoms with E-state index in [4.69, 9.17) is 0 Å². The van der Waals surface area contributed by atoms with E-state index in [9.17, 15) is 0 Å². The second kappa shape index (κ2) is 5.16. The van der Waals surface area contributed by atoms with E-state index in [2.05, 4.69) is 34.4 Å². The minimum Gasteiger partial charge on any atom is -0.285 e. The van der Waals surface area contributed by atoms with Gasteiger partial charge in [-0.15, -0.1) is 11.8 Å². The highest BCUT2D eigenvalue weighted by atomic mass is 32.2. The summed E-state index contributed by atoms with van der Waals surface area (Å²) in [6, 6.07) is 4.22. The van der Waals surface area contributed by atoms with Gasteiger partial charge in [-0.1, -0.05) is 6.92 Å². The van der Waals surface area contributed by atoms with Crippen molar-refractivity contribution in [1.82, 2.24) is 15.2 Å². The number of rotatable bonds is 4. The lowest BCUT2D eigenvalue weighted by atomic mass is 9.99. The summed E-state index contributed by atoms with van der Waals surface area (Å²) in [5.74, 6) is 0.421. The van der Waals surface area contributed by atoms with Crippen LogP contribution in [-0.4, -0.2) is 21.4 Å². The Morgan fingerprint density at radius 3 is 3.00 bits per heavy atom. The van der Waals surface area contributed by atoms with Crippen molar-refractivity contribution < 1.29 is 0 Å². The molecule has 2 aromatic rings. The second-order valence-corrected chi connectivity index (χ2v) is 4.72. The fourth-order valence-electron chi connectivity index (χ4n) is 1.69. The molecule has 2 heterocycles. The number of aromatic amines is 1. The topological polar surface area (TPSA) is 41.6 Å². The van der Waals surface area contributed by atoms with Crippen molar-refractivity contribution in [3.8, 4) is 0 Å². The summed E-state index contributed by atoms with van der Waals surface area (Å²) in [7, 11) is 0. The molecule has 16 heavy (non-hydrogen) atoms. The molecule has 3 nitrogen and oxygen atoms in total. The lowest BCUT2D eigenvalue weighted by molar-refractivity contribution is 0.721. The lowest BCUT2D eigenvalue weighted by Crippen LogP contribution is -1.99. The van der Waals surface area contributed by atoms with E-state index in [0.29, 0.717) is 5.92 Å². The zero-order valence-electron chi connectivity index (χ0n) is 9.47. The summed E-state index contributed by atoms with van der Waals surface area (Å²) in [6.07, 6.45) is 8.74. The predicted octanol–water partition coefficient (Wildman–Crippen LogP) is 2.87. The van der Waals surface area contributed by atoms with Crippen LogP contribution in [0.4, 0.5) is 0 Å². The smallest absolute Gasteiger partial charge is 0.0653 e. The molecule has 0 saturated carbocycles. The summed E-state index contributed by atoms with van der Waals surface area (Å²) in [5.41, 5.74) is 2.37. The average molecular weight is 233 g/mol. The van der Waals surface area contributed by atoms with E-state index in [-0.39, 0.29) is 0 Å². The zero-order chi connectivity index (χ0) is 11.4. The zero-order valence-corrected chi connectivity index (χ0v) is 10.3. The Bertz CT molecular complexity index is 439. The largest absolute Gasteiger partial charge is 0.285 e. The van der Waals surface area contributed by atoms with Crippen LogP contribution in [0.2, 0.25) is 0 Å². The maximum absolute atomic E-state index is 4.24. The molecule has 2 aromatic heterocycles. The van der Waals surface area contributed by atoms with Crippen LogP contribution >= 0.6 is 11.8 Å². The van der Waals surface area contributed by atoms with Crippen molar-refractivity contribution in [3.63, 3.8) is 0 Å². The fraction of sp³-hybridized carbons (Fsp3) is 0.333. The van der Waals surface area contributed by atoms with Crippen molar-refractivity contribution in [2.24, 2.45) is 0 Å². The summed E-state index contributed by atoms with van der Waals surface area (Å²) in [5, 5.41) is 7.05. The first-order valence-electron chi connectivity index (χ1n) is 5.27. The van der Waals surface area contributed by atoms with Gasteiger partial charge in [0.1, 0.15) is 0 Å². The van der Waals surface area contributed by atoms with Crippen LogP contribution in [0, 0.1) is 0 Å². The summed E-state index contributed by atoms with van der Waals surface area (Å²) in [4.78, 5) is 5.46. The minimum absolute atomic E-state index is 0.421. The summed E-state index contributed by atoms with van der Waals surface area (Å²) >= 11 is 1.72. The highest BCUT2D eigenvalue weighted by Crippen LogP contribution is 2.20. The van der Waals surface area contributed by atoms with Gasteiger partial charge in [0.05, 0.1) is 5.69 Å². The maximum Gasteiger partial charge on any atom is 0.0653 e. The molecule has 84 valence electrons. The highest BCUT2D eigenvalue weighted by Gasteiger charge is 2.09. The van der Waals surface area contributed by atoms with Crippen molar-refractivity contribution in [2.45, 2.75) is 24.2 Å². The molecule has 1 unspecified atom stereocenters. The van der Waals surface area contributed by atoms with Gasteiger partial charge in [0.15, 0.2) is 0 Å². The van der Waals surface area contributed by atoms with Gasteiger partial charge in [0, 0.05) is 29.4 Å². The van der Waals surface area contributed by atoms with Crippen LogP contribution in [0.3, 0.4) is 0 Å². The average Bonchev–Trinajstić information content (AvgIpc) is 2.83. The Kier molecular flexibility index (Phi) is 3.62. The number of nitrogens with one attached hydrogen (secondary N) is 1. The first-order valence-corrected chi connectivity index (χ1v) is 6.49. The van der Waals surface area contributed by atoms with Crippen LogP contribution in [0.5, 0.6) is 0 Å². The third kappa shape index (κ3) is 2.64. The molecule has 1 N–H and O–H groups in total. The Hall–Kier alpha value is -1.29. The molecule has 1 atom stereocenters. The van der Waals surface area contributed by atoms with Gasteiger partial charge >= 0.3 is 0 Å². The Labute approximate surface area is 99.7 Å². The number of aromatic nitrogens is 3. The van der Waals surface area contributed by atoms with E-state index >= 15 is 0 Å². The van der Waals surface area contributed by atoms with Crippen LogP contribution in [0.15, 0.2) is 35.6 Å². The van der Waals surface area contributed by atoms with Gasteiger partial charge in [-0.2, -0.15) is 5.10 Å². The first-order chi connectivity index (χ1) is 7.79. The first kappa shape index (κ1) is 11.2. The summed E-state index contributed by atoms with van der Waals surface area (Å²) in [6.45, 7) is 2.18. The van der Waals surface area contributed by atoms with Crippen LogP contribution in [0.1, 0.15) is 24.1 Å². The number of hydrogen-bond acceptors (Lipinski definition) is 3. The van der Waals surface area contributed by atoms with Crippen molar-refractivity contribution in [2.75, 3.05) is 6.26 Å². The quantitative estimate of drug-likeness (QED) is 0.826. The maximum atomic E-state index is 4.24. The van der Waals surface area contributed by atoms with Gasteiger partial charge in [0.25, 0.3) is 0 Å². The van der Waals surface area contributed by atoms with Crippen molar-refractivity contribution in [1.29, 1.82) is 0 Å². The van der Waals surface area contributed by atoms with E-state index in [1.54, 1.807) is 11.8 Å². The number of nitrogens with zero attached hydrogens (tertiary/aromatic N) is 2. The van der Waals surface area contributed by atoms with E-state index in [1.165, 1.54) is 10.5 Å². The normalized spacial score (nSPS) is 12.6. The molecular formula is C12H15N3S. The van der Waals surface area contributed by atoms with Crippen molar-refractivity contribution in [3.05, 3.63) is 42.0 Å². The predicted molar refractivity (Wildman–Crippen MR) is 66.7 cm³/mol. The molecule has 0 aliphatic heterocycles. The number of pyridine rings is 1. The molecular weight excluding hydrogens is 218 g/mol. The minimum atomic E-state index is 0.421. The summed E-state index contributed by atoms with van der Waals surface area (Å²) < 4.78 is 0. The van der Waals surface area contributed by atoms with Crippen LogP contribution < -0.4 is 0 Å². The molecule has 0 aliphatic carbocycles. The van der Waals surface area contributed by atoms with Gasteiger partial charge in [-0.25, -0.2) is 0 Å². The second-order valence-electron chi connectivity index (χ2n) is 3.84.